The number of anilines is 1. The molecule has 0 saturated carbocycles. The molecule has 1 aromatic carbocycles. The zero-order valence-corrected chi connectivity index (χ0v) is 18.3. The van der Waals surface area contributed by atoms with E-state index in [-0.39, 0.29) is 34.6 Å². The molecule has 2 aromatic rings. The van der Waals surface area contributed by atoms with Crippen LogP contribution in [0.25, 0.3) is 0 Å². The maximum atomic E-state index is 13.1. The highest BCUT2D eigenvalue weighted by atomic mass is 32.2. The molecule has 0 spiro atoms. The topological polar surface area (TPSA) is 106 Å². The van der Waals surface area contributed by atoms with E-state index >= 15 is 0 Å². The maximum Gasteiger partial charge on any atom is 0.250 e. The lowest BCUT2D eigenvalue weighted by atomic mass is 9.83. The van der Waals surface area contributed by atoms with Gasteiger partial charge in [-0.3, -0.25) is 9.52 Å². The Bertz CT molecular complexity index is 1210. The van der Waals surface area contributed by atoms with Crippen molar-refractivity contribution in [2.24, 2.45) is 5.92 Å². The first-order chi connectivity index (χ1) is 14.2. The normalized spacial score (nSPS) is 21.8. The van der Waals surface area contributed by atoms with Gasteiger partial charge < -0.3 is 4.57 Å². The van der Waals surface area contributed by atoms with E-state index in [1.165, 1.54) is 16.4 Å². The van der Waals surface area contributed by atoms with Crippen molar-refractivity contribution < 1.29 is 16.8 Å². The summed E-state index contributed by atoms with van der Waals surface area (Å²) < 4.78 is 56.7. The standard InChI is InChI=1S/C20H25N3O5S2/c1-2-10-29(25,26)21-18-8-9-19(24)23-13-15-11-16(20(18)23)14-22(12-15)30(27,28)17-6-4-3-5-7-17/h3-9,15-16,21H,2,10-14H2,1H3. The van der Waals surface area contributed by atoms with Crippen LogP contribution in [0.3, 0.4) is 0 Å². The van der Waals surface area contributed by atoms with E-state index in [4.69, 9.17) is 0 Å². The van der Waals surface area contributed by atoms with E-state index in [1.54, 1.807) is 41.8 Å². The minimum atomic E-state index is -3.67. The predicted octanol–water partition coefficient (Wildman–Crippen LogP) is 1.81. The summed E-state index contributed by atoms with van der Waals surface area (Å²) in [6.45, 7) is 2.70. The number of hydrogen-bond donors (Lipinski definition) is 1. The summed E-state index contributed by atoms with van der Waals surface area (Å²) in [5, 5.41) is 0. The number of nitrogens with one attached hydrogen (secondary N) is 1. The smallest absolute Gasteiger partial charge is 0.250 e. The van der Waals surface area contributed by atoms with Crippen LogP contribution in [-0.2, 0) is 26.6 Å². The molecular weight excluding hydrogens is 426 g/mol. The van der Waals surface area contributed by atoms with Crippen molar-refractivity contribution in [2.45, 2.75) is 37.1 Å². The molecule has 1 aromatic heterocycles. The van der Waals surface area contributed by atoms with Crippen LogP contribution in [0.4, 0.5) is 5.69 Å². The van der Waals surface area contributed by atoms with Gasteiger partial charge in [-0.05, 0) is 37.0 Å². The first kappa shape index (κ1) is 21.1. The molecule has 1 fully saturated rings. The SMILES string of the molecule is CCCS(=O)(=O)Nc1ccc(=O)n2c1C1CC(CN(S(=O)(=O)c3ccccc3)C1)C2. The predicted molar refractivity (Wildman–Crippen MR) is 114 cm³/mol. The molecule has 2 atom stereocenters. The van der Waals surface area contributed by atoms with Crippen molar-refractivity contribution in [1.82, 2.24) is 8.87 Å². The Morgan fingerprint density at radius 3 is 2.43 bits per heavy atom. The van der Waals surface area contributed by atoms with Crippen LogP contribution in [0.2, 0.25) is 0 Å². The van der Waals surface area contributed by atoms with Crippen molar-refractivity contribution >= 4 is 25.7 Å². The summed E-state index contributed by atoms with van der Waals surface area (Å²) in [6, 6.07) is 11.1. The van der Waals surface area contributed by atoms with Crippen molar-refractivity contribution in [2.75, 3.05) is 23.6 Å². The summed E-state index contributed by atoms with van der Waals surface area (Å²) in [7, 11) is -7.21. The van der Waals surface area contributed by atoms with Crippen LogP contribution in [0.5, 0.6) is 0 Å². The second-order valence-corrected chi connectivity index (χ2v) is 11.7. The van der Waals surface area contributed by atoms with Gasteiger partial charge in [0.15, 0.2) is 0 Å². The molecule has 2 bridgehead atoms. The summed E-state index contributed by atoms with van der Waals surface area (Å²) >= 11 is 0. The zero-order chi connectivity index (χ0) is 21.5. The zero-order valence-electron chi connectivity index (χ0n) is 16.7. The number of sulfonamides is 2. The van der Waals surface area contributed by atoms with Gasteiger partial charge in [0.2, 0.25) is 20.0 Å². The molecule has 2 aliphatic heterocycles. The van der Waals surface area contributed by atoms with Crippen LogP contribution in [0, 0.1) is 5.92 Å². The van der Waals surface area contributed by atoms with Crippen LogP contribution in [0.15, 0.2) is 52.2 Å². The lowest BCUT2D eigenvalue weighted by molar-refractivity contribution is 0.187. The number of nitrogens with zero attached hydrogens (tertiary/aromatic N) is 2. The number of rotatable bonds is 6. The van der Waals surface area contributed by atoms with Gasteiger partial charge in [0.25, 0.3) is 5.56 Å². The lowest BCUT2D eigenvalue weighted by Crippen LogP contribution is -2.49. The first-order valence-corrected chi connectivity index (χ1v) is 13.1. The van der Waals surface area contributed by atoms with Gasteiger partial charge >= 0.3 is 0 Å². The molecule has 2 unspecified atom stereocenters. The Balaban J connectivity index is 1.72. The first-order valence-electron chi connectivity index (χ1n) is 10.0. The fourth-order valence-electron chi connectivity index (χ4n) is 4.48. The molecule has 30 heavy (non-hydrogen) atoms. The molecule has 1 N–H and O–H groups in total. The van der Waals surface area contributed by atoms with E-state index in [9.17, 15) is 21.6 Å². The van der Waals surface area contributed by atoms with Crippen molar-refractivity contribution in [3.63, 3.8) is 0 Å². The molecule has 10 heteroatoms. The fourth-order valence-corrected chi connectivity index (χ4v) is 7.21. The third-order valence-electron chi connectivity index (χ3n) is 5.68. The monoisotopic (exact) mass is 451 g/mol. The lowest BCUT2D eigenvalue weighted by Gasteiger charge is -2.42. The van der Waals surface area contributed by atoms with Crippen LogP contribution >= 0.6 is 0 Å². The quantitative estimate of drug-likeness (QED) is 0.721. The molecule has 0 amide bonds. The van der Waals surface area contributed by atoms with E-state index in [0.29, 0.717) is 37.3 Å². The number of hydrogen-bond acceptors (Lipinski definition) is 5. The Kier molecular flexibility index (Phi) is 5.50. The molecule has 162 valence electrons. The number of benzene rings is 1. The molecule has 8 nitrogen and oxygen atoms in total. The van der Waals surface area contributed by atoms with Gasteiger partial charge in [-0.15, -0.1) is 0 Å². The largest absolute Gasteiger partial charge is 0.310 e. The maximum absolute atomic E-state index is 13.1. The van der Waals surface area contributed by atoms with Crippen LogP contribution in [0.1, 0.15) is 31.4 Å². The fraction of sp³-hybridized carbons (Fsp3) is 0.450. The number of pyridine rings is 1. The number of fused-ring (bicyclic) bond motifs is 4. The third kappa shape index (κ3) is 3.91. The van der Waals surface area contributed by atoms with Crippen molar-refractivity contribution in [3.05, 3.63) is 58.5 Å². The van der Waals surface area contributed by atoms with Gasteiger partial charge in [-0.25, -0.2) is 16.8 Å². The van der Waals surface area contributed by atoms with Crippen molar-refractivity contribution in [3.8, 4) is 0 Å². The molecule has 0 aliphatic carbocycles. The molecule has 0 radical (unpaired) electrons. The number of piperidine rings is 1. The minimum Gasteiger partial charge on any atom is -0.310 e. The van der Waals surface area contributed by atoms with Gasteiger partial charge in [0.05, 0.1) is 16.3 Å². The Hall–Kier alpha value is -2.17. The number of aromatic nitrogens is 1. The Morgan fingerprint density at radius 2 is 1.73 bits per heavy atom. The molecule has 1 saturated heterocycles. The second-order valence-electron chi connectivity index (χ2n) is 7.94. The summed E-state index contributed by atoms with van der Waals surface area (Å²) in [6.07, 6.45) is 1.19. The highest BCUT2D eigenvalue weighted by Gasteiger charge is 2.40. The third-order valence-corrected chi connectivity index (χ3v) is 9.00. The molecule has 4 rings (SSSR count). The highest BCUT2D eigenvalue weighted by Crippen LogP contribution is 2.40. The minimum absolute atomic E-state index is 0.00469. The van der Waals surface area contributed by atoms with E-state index in [0.717, 1.165) is 0 Å². The summed E-state index contributed by atoms with van der Waals surface area (Å²) in [5.41, 5.74) is 0.745. The van der Waals surface area contributed by atoms with Crippen molar-refractivity contribution in [1.29, 1.82) is 0 Å². The van der Waals surface area contributed by atoms with E-state index in [1.807, 2.05) is 0 Å². The average Bonchev–Trinajstić information content (AvgIpc) is 2.70. The molecule has 3 heterocycles. The highest BCUT2D eigenvalue weighted by molar-refractivity contribution is 7.92. The second kappa shape index (κ2) is 7.82. The summed E-state index contributed by atoms with van der Waals surface area (Å²) in [4.78, 5) is 12.7. The van der Waals surface area contributed by atoms with Gasteiger partial charge in [0, 0.05) is 37.3 Å². The molecular formula is C20H25N3O5S2. The van der Waals surface area contributed by atoms with E-state index < -0.39 is 20.0 Å². The van der Waals surface area contributed by atoms with Gasteiger partial charge in [0.1, 0.15) is 0 Å². The summed E-state index contributed by atoms with van der Waals surface area (Å²) in [5.74, 6) is -0.285. The Labute approximate surface area is 176 Å². The van der Waals surface area contributed by atoms with Crippen LogP contribution < -0.4 is 10.3 Å². The Morgan fingerprint density at radius 1 is 1.00 bits per heavy atom. The van der Waals surface area contributed by atoms with Gasteiger partial charge in [-0.1, -0.05) is 25.1 Å². The van der Waals surface area contributed by atoms with Gasteiger partial charge in [-0.2, -0.15) is 4.31 Å². The molecule has 2 aliphatic rings. The van der Waals surface area contributed by atoms with Crippen LogP contribution in [-0.4, -0.2) is 44.6 Å². The van der Waals surface area contributed by atoms with E-state index in [2.05, 4.69) is 4.72 Å². The average molecular weight is 452 g/mol.